The molecule has 3 rings (SSSR count). The second-order valence-corrected chi connectivity index (χ2v) is 10.4. The molecule has 0 N–H and O–H groups in total. The number of allylic oxidation sites excluding steroid dienone is 1. The van der Waals surface area contributed by atoms with Gasteiger partial charge in [0.1, 0.15) is 19.3 Å². The molecule has 194 valence electrons. The highest BCUT2D eigenvalue weighted by Crippen LogP contribution is 2.34. The van der Waals surface area contributed by atoms with E-state index in [1.807, 2.05) is 42.6 Å². The number of nitrogens with zero attached hydrogens (tertiary/aromatic N) is 1. The topological polar surface area (TPSA) is 35.5 Å². The fourth-order valence-electron chi connectivity index (χ4n) is 4.14. The first-order valence-corrected chi connectivity index (χ1v) is 13.8. The van der Waals surface area contributed by atoms with Gasteiger partial charge in [-0.2, -0.15) is 0 Å². The Morgan fingerprint density at radius 1 is 0.778 bits per heavy atom. The number of quaternary nitrogens is 1. The normalized spacial score (nSPS) is 17.5. The SMILES string of the molecule is CCCCCOC1=C(OCCCCC)C(=O)[N+](Cc2ccc(Cl)cc2)(Cc2ccc(Cl)cc2Cl)C=C1. The van der Waals surface area contributed by atoms with Crippen molar-refractivity contribution in [3.05, 3.63) is 92.5 Å². The van der Waals surface area contributed by atoms with Crippen LogP contribution >= 0.6 is 34.8 Å². The maximum Gasteiger partial charge on any atom is 0.389 e. The van der Waals surface area contributed by atoms with Gasteiger partial charge in [-0.05, 0) is 37.1 Å². The summed E-state index contributed by atoms with van der Waals surface area (Å²) in [6.07, 6.45) is 9.86. The minimum Gasteiger partial charge on any atom is -0.489 e. The highest BCUT2D eigenvalue weighted by atomic mass is 35.5. The number of ether oxygens (including phenoxy) is 2. The van der Waals surface area contributed by atoms with Crippen molar-refractivity contribution in [1.82, 2.24) is 0 Å². The Bertz CT molecular complexity index is 1080. The third-order valence-corrected chi connectivity index (χ3v) is 7.02. The zero-order chi connectivity index (χ0) is 26.0. The van der Waals surface area contributed by atoms with Crippen LogP contribution in [-0.2, 0) is 27.4 Å². The summed E-state index contributed by atoms with van der Waals surface area (Å²) < 4.78 is 12.2. The summed E-state index contributed by atoms with van der Waals surface area (Å²) >= 11 is 18.8. The smallest absolute Gasteiger partial charge is 0.389 e. The Hall–Kier alpha value is -1.98. The fourth-order valence-corrected chi connectivity index (χ4v) is 4.74. The maximum atomic E-state index is 14.2. The van der Waals surface area contributed by atoms with Gasteiger partial charge in [0.15, 0.2) is 5.76 Å². The first-order valence-electron chi connectivity index (χ1n) is 12.7. The van der Waals surface area contributed by atoms with Crippen molar-refractivity contribution in [1.29, 1.82) is 0 Å². The molecule has 0 aliphatic carbocycles. The van der Waals surface area contributed by atoms with E-state index in [4.69, 9.17) is 44.3 Å². The van der Waals surface area contributed by atoms with Crippen LogP contribution in [0.25, 0.3) is 0 Å². The molecule has 0 aromatic heterocycles. The molecule has 0 bridgehead atoms. The molecule has 2 aromatic rings. The van der Waals surface area contributed by atoms with E-state index in [1.54, 1.807) is 12.1 Å². The van der Waals surface area contributed by atoms with Crippen molar-refractivity contribution in [2.24, 2.45) is 0 Å². The van der Waals surface area contributed by atoms with E-state index in [1.165, 1.54) is 0 Å². The van der Waals surface area contributed by atoms with Gasteiger partial charge in [0.05, 0.1) is 18.2 Å². The molecular weight excluding hydrogens is 517 g/mol. The molecule has 1 amide bonds. The predicted octanol–water partition coefficient (Wildman–Crippen LogP) is 8.84. The van der Waals surface area contributed by atoms with Crippen LogP contribution in [0.15, 0.2) is 66.3 Å². The predicted molar refractivity (Wildman–Crippen MR) is 148 cm³/mol. The van der Waals surface area contributed by atoms with Gasteiger partial charge in [0.2, 0.25) is 0 Å². The Morgan fingerprint density at radius 3 is 2.06 bits per heavy atom. The van der Waals surface area contributed by atoms with Gasteiger partial charge < -0.3 is 9.47 Å². The van der Waals surface area contributed by atoms with Crippen LogP contribution in [-0.4, -0.2) is 23.6 Å². The third-order valence-electron chi connectivity index (χ3n) is 6.18. The minimum atomic E-state index is -0.152. The van der Waals surface area contributed by atoms with Crippen molar-refractivity contribution in [3.63, 3.8) is 0 Å². The van der Waals surface area contributed by atoms with Gasteiger partial charge in [-0.15, -0.1) is 0 Å². The zero-order valence-electron chi connectivity index (χ0n) is 21.1. The van der Waals surface area contributed by atoms with E-state index < -0.39 is 0 Å². The largest absolute Gasteiger partial charge is 0.489 e. The number of carbonyl (C=O) groups excluding carboxylic acids is 1. The number of hydrogen-bond donors (Lipinski definition) is 0. The first-order chi connectivity index (χ1) is 17.4. The molecule has 1 aliphatic heterocycles. The lowest BCUT2D eigenvalue weighted by Gasteiger charge is -2.35. The highest BCUT2D eigenvalue weighted by molar-refractivity contribution is 6.35. The van der Waals surface area contributed by atoms with Crippen LogP contribution in [0.2, 0.25) is 15.1 Å². The average Bonchev–Trinajstić information content (AvgIpc) is 2.86. The third kappa shape index (κ3) is 7.76. The van der Waals surface area contributed by atoms with Gasteiger partial charge in [-0.25, -0.2) is 9.28 Å². The van der Waals surface area contributed by atoms with Gasteiger partial charge >= 0.3 is 5.91 Å². The van der Waals surface area contributed by atoms with Crippen LogP contribution < -0.4 is 0 Å². The van der Waals surface area contributed by atoms with E-state index in [-0.39, 0.29) is 16.1 Å². The van der Waals surface area contributed by atoms with E-state index in [0.717, 1.165) is 49.7 Å². The van der Waals surface area contributed by atoms with E-state index >= 15 is 0 Å². The molecule has 0 radical (unpaired) electrons. The molecule has 1 atom stereocenters. The summed E-state index contributed by atoms with van der Waals surface area (Å²) in [5.74, 6) is 0.629. The molecule has 7 heteroatoms. The van der Waals surface area contributed by atoms with Crippen molar-refractivity contribution in [2.75, 3.05) is 13.2 Å². The van der Waals surface area contributed by atoms with Crippen LogP contribution in [0.1, 0.15) is 63.5 Å². The molecule has 1 aliphatic rings. The molecule has 0 spiro atoms. The van der Waals surface area contributed by atoms with Gasteiger partial charge in [0.25, 0.3) is 5.76 Å². The summed E-state index contributed by atoms with van der Waals surface area (Å²) in [4.78, 5) is 14.2. The number of halogens is 3. The number of amides is 1. The minimum absolute atomic E-state index is 0.0199. The van der Waals surface area contributed by atoms with Gasteiger partial charge in [0, 0.05) is 27.2 Å². The van der Waals surface area contributed by atoms with Crippen LogP contribution in [0.5, 0.6) is 0 Å². The van der Waals surface area contributed by atoms with E-state index in [2.05, 4.69) is 13.8 Å². The molecular formula is C29H35Cl3NO3+. The van der Waals surface area contributed by atoms with Crippen LogP contribution in [0.4, 0.5) is 0 Å². The summed E-state index contributed by atoms with van der Waals surface area (Å²) in [5, 5.41) is 1.72. The van der Waals surface area contributed by atoms with Crippen molar-refractivity contribution in [3.8, 4) is 0 Å². The maximum absolute atomic E-state index is 14.2. The van der Waals surface area contributed by atoms with E-state index in [0.29, 0.717) is 47.1 Å². The Labute approximate surface area is 230 Å². The Balaban J connectivity index is 1.97. The monoisotopic (exact) mass is 550 g/mol. The summed E-state index contributed by atoms with van der Waals surface area (Å²) in [6, 6.07) is 12.9. The number of unbranched alkanes of at least 4 members (excludes halogenated alkanes) is 4. The highest BCUT2D eigenvalue weighted by Gasteiger charge is 2.44. The van der Waals surface area contributed by atoms with Crippen LogP contribution in [0.3, 0.4) is 0 Å². The molecule has 2 aromatic carbocycles. The fraction of sp³-hybridized carbons (Fsp3) is 0.414. The molecule has 0 saturated carbocycles. The zero-order valence-corrected chi connectivity index (χ0v) is 23.3. The van der Waals surface area contributed by atoms with Crippen LogP contribution in [0, 0.1) is 0 Å². The Morgan fingerprint density at radius 2 is 1.42 bits per heavy atom. The number of hydrogen-bond acceptors (Lipinski definition) is 3. The molecule has 0 fully saturated rings. The molecule has 1 unspecified atom stereocenters. The lowest BCUT2D eigenvalue weighted by atomic mass is 10.1. The summed E-state index contributed by atoms with van der Waals surface area (Å²) in [5.41, 5.74) is 1.80. The lowest BCUT2D eigenvalue weighted by molar-refractivity contribution is -0.830. The average molecular weight is 552 g/mol. The first kappa shape index (κ1) is 28.6. The van der Waals surface area contributed by atoms with E-state index in [9.17, 15) is 4.79 Å². The van der Waals surface area contributed by atoms with Gasteiger partial charge in [-0.1, -0.05) is 92.5 Å². The van der Waals surface area contributed by atoms with Crippen molar-refractivity contribution in [2.45, 2.75) is 65.5 Å². The molecule has 4 nitrogen and oxygen atoms in total. The second kappa shape index (κ2) is 14.1. The number of carbonyl (C=O) groups is 1. The molecule has 1 heterocycles. The molecule has 36 heavy (non-hydrogen) atoms. The standard InChI is InChI=1S/C29H35Cl3NO3/c1-3-5-7-17-35-27-15-16-33(20-22-9-12-24(30)13-10-22,21-23-11-14-25(31)19-26(23)32)29(34)28(27)36-18-8-6-4-2/h9-16,19H,3-8,17-18,20-21H2,1-2H3/q+1. The summed E-state index contributed by atoms with van der Waals surface area (Å²) in [6.45, 7) is 6.06. The number of rotatable bonds is 14. The van der Waals surface area contributed by atoms with Gasteiger partial charge in [-0.3, -0.25) is 0 Å². The van der Waals surface area contributed by atoms with Crippen molar-refractivity contribution < 1.29 is 18.8 Å². The van der Waals surface area contributed by atoms with Crippen molar-refractivity contribution >= 4 is 40.7 Å². The lowest BCUT2D eigenvalue weighted by Crippen LogP contribution is -2.49. The number of benzene rings is 2. The Kier molecular flexibility index (Phi) is 11.2. The molecule has 0 saturated heterocycles. The quantitative estimate of drug-likeness (QED) is 0.174. The second-order valence-electron chi connectivity index (χ2n) is 9.14. The summed E-state index contributed by atoms with van der Waals surface area (Å²) in [7, 11) is 0.